The minimum absolute atomic E-state index is 0.0966. The molecule has 1 fully saturated rings. The van der Waals surface area contributed by atoms with Gasteiger partial charge in [-0.15, -0.1) is 0 Å². The highest BCUT2D eigenvalue weighted by Crippen LogP contribution is 2.18. The average Bonchev–Trinajstić information content (AvgIpc) is 1.93. The van der Waals surface area contributed by atoms with Gasteiger partial charge < -0.3 is 20.1 Å². The molecule has 0 spiro atoms. The zero-order chi connectivity index (χ0) is 7.72. The largest absolute Gasteiger partial charge is 0.390 e. The first-order valence-electron chi connectivity index (χ1n) is 3.28. The maximum atomic E-state index is 9.08. The SMILES string of the molecule is C[C@@H]1C(O)[C@H](O)OC[C@H]1O. The maximum Gasteiger partial charge on any atom is 0.181 e. The van der Waals surface area contributed by atoms with Crippen molar-refractivity contribution < 1.29 is 20.1 Å². The van der Waals surface area contributed by atoms with Crippen molar-refractivity contribution in [1.29, 1.82) is 0 Å². The molecule has 4 nitrogen and oxygen atoms in total. The number of rotatable bonds is 0. The lowest BCUT2D eigenvalue weighted by Gasteiger charge is -2.33. The molecule has 0 aromatic carbocycles. The molecule has 0 aliphatic carbocycles. The van der Waals surface area contributed by atoms with E-state index in [2.05, 4.69) is 4.74 Å². The molecular weight excluding hydrogens is 136 g/mol. The second kappa shape index (κ2) is 2.84. The summed E-state index contributed by atoms with van der Waals surface area (Å²) in [5.41, 5.74) is 0. The van der Waals surface area contributed by atoms with Crippen LogP contribution in [0, 0.1) is 5.92 Å². The Bertz CT molecular complexity index is 102. The molecule has 60 valence electrons. The summed E-state index contributed by atoms with van der Waals surface area (Å²) in [6.45, 7) is 1.76. The third kappa shape index (κ3) is 1.29. The van der Waals surface area contributed by atoms with Crippen molar-refractivity contribution in [2.75, 3.05) is 6.61 Å². The van der Waals surface area contributed by atoms with E-state index >= 15 is 0 Å². The number of aliphatic hydroxyl groups excluding tert-OH is 3. The van der Waals surface area contributed by atoms with Crippen LogP contribution >= 0.6 is 0 Å². The normalized spacial score (nSPS) is 49.2. The summed E-state index contributed by atoms with van der Waals surface area (Å²) < 4.78 is 4.63. The van der Waals surface area contributed by atoms with Crippen molar-refractivity contribution in [3.05, 3.63) is 0 Å². The Hall–Kier alpha value is -0.160. The Morgan fingerprint density at radius 3 is 2.40 bits per heavy atom. The van der Waals surface area contributed by atoms with Crippen LogP contribution in [-0.2, 0) is 4.74 Å². The van der Waals surface area contributed by atoms with Gasteiger partial charge in [0.05, 0.1) is 12.7 Å². The van der Waals surface area contributed by atoms with Gasteiger partial charge in [-0.2, -0.15) is 0 Å². The van der Waals surface area contributed by atoms with Gasteiger partial charge in [0.25, 0.3) is 0 Å². The predicted molar refractivity (Wildman–Crippen MR) is 33.1 cm³/mol. The van der Waals surface area contributed by atoms with Crippen LogP contribution in [0.2, 0.25) is 0 Å². The molecule has 1 aliphatic heterocycles. The van der Waals surface area contributed by atoms with E-state index in [1.165, 1.54) is 0 Å². The third-order valence-corrected chi connectivity index (χ3v) is 1.88. The summed E-state index contributed by atoms with van der Waals surface area (Å²) in [7, 11) is 0. The molecule has 1 saturated heterocycles. The molecule has 0 aromatic rings. The van der Waals surface area contributed by atoms with Gasteiger partial charge in [-0.05, 0) is 0 Å². The lowest BCUT2D eigenvalue weighted by molar-refractivity contribution is -0.233. The molecule has 1 aliphatic rings. The molecular formula is C6H12O4. The molecule has 0 bridgehead atoms. The van der Waals surface area contributed by atoms with E-state index in [1.54, 1.807) is 6.92 Å². The van der Waals surface area contributed by atoms with Crippen molar-refractivity contribution >= 4 is 0 Å². The highest BCUT2D eigenvalue weighted by atomic mass is 16.6. The fourth-order valence-electron chi connectivity index (χ4n) is 0.935. The number of aliphatic hydroxyl groups is 3. The Kier molecular flexibility index (Phi) is 2.25. The highest BCUT2D eigenvalue weighted by molar-refractivity contribution is 4.78. The number of hydrogen-bond donors (Lipinski definition) is 3. The smallest absolute Gasteiger partial charge is 0.181 e. The molecule has 1 rings (SSSR count). The topological polar surface area (TPSA) is 69.9 Å². The Morgan fingerprint density at radius 2 is 1.90 bits per heavy atom. The Labute approximate surface area is 59.1 Å². The summed E-state index contributed by atoms with van der Waals surface area (Å²) in [6.07, 6.45) is -2.78. The molecule has 3 N–H and O–H groups in total. The third-order valence-electron chi connectivity index (χ3n) is 1.88. The van der Waals surface area contributed by atoms with Crippen LogP contribution in [0.1, 0.15) is 6.92 Å². The van der Waals surface area contributed by atoms with Gasteiger partial charge in [0.15, 0.2) is 6.29 Å². The fourth-order valence-corrected chi connectivity index (χ4v) is 0.935. The molecule has 0 saturated carbocycles. The van der Waals surface area contributed by atoms with Gasteiger partial charge in [0.1, 0.15) is 6.10 Å². The van der Waals surface area contributed by atoms with Crippen LogP contribution in [0.15, 0.2) is 0 Å². The monoisotopic (exact) mass is 148 g/mol. The van der Waals surface area contributed by atoms with Crippen molar-refractivity contribution in [3.8, 4) is 0 Å². The maximum absolute atomic E-state index is 9.08. The van der Waals surface area contributed by atoms with E-state index < -0.39 is 18.5 Å². The van der Waals surface area contributed by atoms with Gasteiger partial charge in [0, 0.05) is 5.92 Å². The van der Waals surface area contributed by atoms with E-state index in [0.717, 1.165) is 0 Å². The minimum Gasteiger partial charge on any atom is -0.390 e. The second-order valence-electron chi connectivity index (χ2n) is 2.64. The van der Waals surface area contributed by atoms with Crippen molar-refractivity contribution in [3.63, 3.8) is 0 Å². The van der Waals surface area contributed by atoms with Gasteiger partial charge >= 0.3 is 0 Å². The molecule has 1 heterocycles. The highest BCUT2D eigenvalue weighted by Gasteiger charge is 2.34. The summed E-state index contributed by atoms with van der Waals surface area (Å²) >= 11 is 0. The molecule has 0 radical (unpaired) electrons. The molecule has 0 amide bonds. The van der Waals surface area contributed by atoms with Crippen LogP contribution < -0.4 is 0 Å². The number of ether oxygens (including phenoxy) is 1. The van der Waals surface area contributed by atoms with Crippen molar-refractivity contribution in [1.82, 2.24) is 0 Å². The molecule has 0 aromatic heterocycles. The van der Waals surface area contributed by atoms with Crippen LogP contribution in [0.3, 0.4) is 0 Å². The molecule has 4 heteroatoms. The zero-order valence-electron chi connectivity index (χ0n) is 5.77. The lowest BCUT2D eigenvalue weighted by atomic mass is 9.96. The van der Waals surface area contributed by atoms with Crippen LogP contribution in [-0.4, -0.2) is 40.4 Å². The van der Waals surface area contributed by atoms with E-state index in [4.69, 9.17) is 15.3 Å². The van der Waals surface area contributed by atoms with Crippen LogP contribution in [0.25, 0.3) is 0 Å². The van der Waals surface area contributed by atoms with Gasteiger partial charge in [-0.1, -0.05) is 6.92 Å². The summed E-state index contributed by atoms with van der Waals surface area (Å²) in [6, 6.07) is 0. The first-order valence-corrected chi connectivity index (χ1v) is 3.28. The zero-order valence-corrected chi connectivity index (χ0v) is 5.77. The first kappa shape index (κ1) is 7.94. The molecule has 4 atom stereocenters. The summed E-state index contributed by atoms with van der Waals surface area (Å²) in [4.78, 5) is 0. The van der Waals surface area contributed by atoms with E-state index in [-0.39, 0.29) is 12.5 Å². The van der Waals surface area contributed by atoms with Crippen molar-refractivity contribution in [2.45, 2.75) is 25.4 Å². The minimum atomic E-state index is -1.14. The predicted octanol–water partition coefficient (Wildman–Crippen LogP) is -1.31. The lowest BCUT2D eigenvalue weighted by Crippen LogP contribution is -2.47. The Balaban J connectivity index is 2.52. The van der Waals surface area contributed by atoms with E-state index in [1.807, 2.05) is 0 Å². The quantitative estimate of drug-likeness (QED) is 0.399. The molecule has 1 unspecified atom stereocenters. The summed E-state index contributed by atoms with van der Waals surface area (Å²) in [5.74, 6) is -0.316. The summed E-state index contributed by atoms with van der Waals surface area (Å²) in [5, 5.41) is 27.0. The molecule has 10 heavy (non-hydrogen) atoms. The average molecular weight is 148 g/mol. The van der Waals surface area contributed by atoms with Crippen LogP contribution in [0.5, 0.6) is 0 Å². The van der Waals surface area contributed by atoms with Crippen molar-refractivity contribution in [2.24, 2.45) is 5.92 Å². The Morgan fingerprint density at radius 1 is 1.30 bits per heavy atom. The second-order valence-corrected chi connectivity index (χ2v) is 2.64. The van der Waals surface area contributed by atoms with Gasteiger partial charge in [0.2, 0.25) is 0 Å². The van der Waals surface area contributed by atoms with Gasteiger partial charge in [-0.25, -0.2) is 0 Å². The van der Waals surface area contributed by atoms with E-state index in [0.29, 0.717) is 0 Å². The van der Waals surface area contributed by atoms with Gasteiger partial charge in [-0.3, -0.25) is 0 Å². The number of hydrogen-bond acceptors (Lipinski definition) is 4. The standard InChI is InChI=1S/C6H12O4/c1-3-4(7)2-10-6(9)5(3)8/h3-9H,2H2,1H3/t3-,4+,5?,6+/m0/s1. The van der Waals surface area contributed by atoms with Crippen LogP contribution in [0.4, 0.5) is 0 Å². The van der Waals surface area contributed by atoms with E-state index in [9.17, 15) is 0 Å². The fraction of sp³-hybridized carbons (Fsp3) is 1.00. The first-order chi connectivity index (χ1) is 4.63.